The predicted octanol–water partition coefficient (Wildman–Crippen LogP) is 4.37. The molecule has 1 aliphatic heterocycles. The second-order valence-corrected chi connectivity index (χ2v) is 9.16. The molecule has 0 radical (unpaired) electrons. The number of nitrogen functional groups attached to an aromatic ring is 1. The van der Waals surface area contributed by atoms with Crippen LogP contribution in [0.5, 0.6) is 0 Å². The molecular weight excluding hydrogens is 497 g/mol. The molecule has 2 heterocycles. The summed E-state index contributed by atoms with van der Waals surface area (Å²) >= 11 is 0. The van der Waals surface area contributed by atoms with Crippen LogP contribution in [-0.2, 0) is 17.8 Å². The van der Waals surface area contributed by atoms with Crippen LogP contribution in [-0.4, -0.2) is 39.3 Å². The minimum Gasteiger partial charge on any atom is -0.369 e. The summed E-state index contributed by atoms with van der Waals surface area (Å²) < 4.78 is 92.1. The maximum absolute atomic E-state index is 13.5. The van der Waals surface area contributed by atoms with Crippen molar-refractivity contribution in [2.45, 2.75) is 57.0 Å². The Morgan fingerprint density at radius 2 is 1.69 bits per heavy atom. The molecule has 2 N–H and O–H groups in total. The Kier molecular flexibility index (Phi) is 6.78. The van der Waals surface area contributed by atoms with Gasteiger partial charge in [-0.2, -0.15) is 26.3 Å². The summed E-state index contributed by atoms with van der Waals surface area (Å²) in [5.41, 5.74) is 6.53. The number of fused-ring (bicyclic) bond motifs is 1. The summed E-state index contributed by atoms with van der Waals surface area (Å²) in [4.78, 5) is 30.8. The zero-order valence-corrected chi connectivity index (χ0v) is 18.9. The number of nitrogens with zero attached hydrogens (tertiary/aromatic N) is 3. The van der Waals surface area contributed by atoms with E-state index in [9.17, 15) is 40.3 Å². The van der Waals surface area contributed by atoms with Crippen molar-refractivity contribution in [2.75, 3.05) is 12.3 Å². The Labute approximate surface area is 200 Å². The van der Waals surface area contributed by atoms with Crippen LogP contribution in [0.4, 0.5) is 36.7 Å². The summed E-state index contributed by atoms with van der Waals surface area (Å²) in [5.74, 6) is -5.72. The third-order valence-electron chi connectivity index (χ3n) is 6.90. The fourth-order valence-corrected chi connectivity index (χ4v) is 4.77. The summed E-state index contributed by atoms with van der Waals surface area (Å²) in [6, 6.07) is 5.15. The molecule has 0 bridgehead atoms. The highest BCUT2D eigenvalue weighted by Crippen LogP contribution is 2.42. The number of hydrogen-bond acceptors (Lipinski definition) is 4. The van der Waals surface area contributed by atoms with E-state index in [-0.39, 0.29) is 36.1 Å². The number of rotatable bonds is 5. The van der Waals surface area contributed by atoms with E-state index in [0.717, 1.165) is 24.2 Å². The minimum absolute atomic E-state index is 0.0374. The standard InChI is InChI=1S/C23H23F7N4O2/c24-14-6-4-13(5-7-14)19(12-2-1-3-12)34-20(36)15-8-9-33(11-16(15)32-21(34)31)18(35)10-17(22(25,26)27)23(28,29)30/h4-7,12,17,19H,1-3,8-11H2,(H2,31,32). The number of nitrogens with two attached hydrogens (primary N) is 1. The lowest BCUT2D eigenvalue weighted by Crippen LogP contribution is -2.45. The van der Waals surface area contributed by atoms with Crippen LogP contribution in [0.25, 0.3) is 0 Å². The van der Waals surface area contributed by atoms with E-state index in [1.54, 1.807) is 12.1 Å². The van der Waals surface area contributed by atoms with Crippen LogP contribution in [0, 0.1) is 17.7 Å². The molecule has 1 atom stereocenters. The van der Waals surface area contributed by atoms with Gasteiger partial charge in [-0.05, 0) is 42.9 Å². The van der Waals surface area contributed by atoms with Gasteiger partial charge in [0.05, 0.1) is 18.3 Å². The molecule has 36 heavy (non-hydrogen) atoms. The van der Waals surface area contributed by atoms with Crippen molar-refractivity contribution >= 4 is 11.9 Å². The van der Waals surface area contributed by atoms with Crippen molar-refractivity contribution in [1.82, 2.24) is 14.5 Å². The molecule has 2 aromatic rings. The fourth-order valence-electron chi connectivity index (χ4n) is 4.77. The third-order valence-corrected chi connectivity index (χ3v) is 6.90. The second kappa shape index (κ2) is 9.40. The van der Waals surface area contributed by atoms with Crippen LogP contribution in [0.15, 0.2) is 29.1 Å². The van der Waals surface area contributed by atoms with Gasteiger partial charge in [0, 0.05) is 18.5 Å². The number of aromatic nitrogens is 2. The summed E-state index contributed by atoms with van der Waals surface area (Å²) in [7, 11) is 0. The van der Waals surface area contributed by atoms with E-state index >= 15 is 0 Å². The number of anilines is 1. The lowest BCUT2D eigenvalue weighted by atomic mass is 9.77. The van der Waals surface area contributed by atoms with Crippen LogP contribution in [0.2, 0.25) is 0 Å². The van der Waals surface area contributed by atoms with Crippen LogP contribution >= 0.6 is 0 Å². The van der Waals surface area contributed by atoms with Crippen LogP contribution in [0.3, 0.4) is 0 Å². The molecule has 1 unspecified atom stereocenters. The highest BCUT2D eigenvalue weighted by molar-refractivity contribution is 5.77. The van der Waals surface area contributed by atoms with E-state index in [4.69, 9.17) is 5.73 Å². The molecule has 0 saturated heterocycles. The largest absolute Gasteiger partial charge is 0.400 e. The molecular formula is C23H23F7N4O2. The summed E-state index contributed by atoms with van der Waals surface area (Å²) in [6.45, 7) is -0.665. The number of halogens is 7. The Morgan fingerprint density at radius 1 is 1.08 bits per heavy atom. The number of hydrogen-bond donors (Lipinski definition) is 1. The first kappa shape index (κ1) is 26.0. The number of carbonyl (C=O) groups excluding carboxylic acids is 1. The van der Waals surface area contributed by atoms with Crippen molar-refractivity contribution in [3.05, 3.63) is 57.3 Å². The maximum Gasteiger partial charge on any atom is 0.400 e. The zero-order chi connectivity index (χ0) is 26.4. The number of amides is 1. The molecule has 1 saturated carbocycles. The first-order chi connectivity index (χ1) is 16.8. The van der Waals surface area contributed by atoms with Crippen molar-refractivity contribution in [3.8, 4) is 0 Å². The number of alkyl halides is 6. The van der Waals surface area contributed by atoms with Crippen LogP contribution in [0.1, 0.15) is 48.5 Å². The van der Waals surface area contributed by atoms with Crippen molar-refractivity contribution in [3.63, 3.8) is 0 Å². The summed E-state index contributed by atoms with van der Waals surface area (Å²) in [6.07, 6.45) is -10.6. The molecule has 4 rings (SSSR count). The van der Waals surface area contributed by atoms with Gasteiger partial charge in [0.25, 0.3) is 5.56 Å². The summed E-state index contributed by atoms with van der Waals surface area (Å²) in [5, 5.41) is 0. The molecule has 1 aromatic heterocycles. The van der Waals surface area contributed by atoms with Gasteiger partial charge < -0.3 is 10.6 Å². The molecule has 1 fully saturated rings. The minimum atomic E-state index is -5.63. The Morgan fingerprint density at radius 3 is 2.22 bits per heavy atom. The zero-order valence-electron chi connectivity index (χ0n) is 18.9. The Bertz CT molecular complexity index is 1170. The normalized spacial score (nSPS) is 17.6. The molecule has 1 aromatic carbocycles. The number of carbonyl (C=O) groups is 1. The molecule has 13 heteroatoms. The molecule has 196 valence electrons. The lowest BCUT2D eigenvalue weighted by Gasteiger charge is -2.37. The number of benzene rings is 1. The topological polar surface area (TPSA) is 81.2 Å². The SMILES string of the molecule is Nc1nc2c(c(=O)n1C(c1ccc(F)cc1)C1CCC1)CCN(C(=O)CC(C(F)(F)F)C(F)(F)F)C2. The van der Waals surface area contributed by atoms with Gasteiger partial charge in [0.1, 0.15) is 5.82 Å². The quantitative estimate of drug-likeness (QED) is 0.594. The van der Waals surface area contributed by atoms with Crippen molar-refractivity contribution < 1.29 is 35.5 Å². The van der Waals surface area contributed by atoms with Crippen molar-refractivity contribution in [2.24, 2.45) is 11.8 Å². The molecule has 0 spiro atoms. The Hall–Kier alpha value is -3.12. The van der Waals surface area contributed by atoms with E-state index in [2.05, 4.69) is 4.98 Å². The van der Waals surface area contributed by atoms with Gasteiger partial charge in [-0.25, -0.2) is 9.37 Å². The van der Waals surface area contributed by atoms with Gasteiger partial charge in [-0.3, -0.25) is 14.2 Å². The highest BCUT2D eigenvalue weighted by Gasteiger charge is 2.57. The van der Waals surface area contributed by atoms with Gasteiger partial charge in [0.2, 0.25) is 11.9 Å². The maximum atomic E-state index is 13.5. The van der Waals surface area contributed by atoms with Crippen molar-refractivity contribution in [1.29, 1.82) is 0 Å². The fraction of sp³-hybridized carbons (Fsp3) is 0.522. The smallest absolute Gasteiger partial charge is 0.369 e. The van der Waals surface area contributed by atoms with Gasteiger partial charge in [0.15, 0.2) is 5.92 Å². The molecule has 6 nitrogen and oxygen atoms in total. The lowest BCUT2D eigenvalue weighted by molar-refractivity contribution is -0.284. The van der Waals surface area contributed by atoms with E-state index in [1.807, 2.05) is 0 Å². The average Bonchev–Trinajstić information content (AvgIpc) is 2.74. The average molecular weight is 520 g/mol. The Balaban J connectivity index is 1.62. The monoisotopic (exact) mass is 520 g/mol. The molecule has 1 aliphatic carbocycles. The first-order valence-corrected chi connectivity index (χ1v) is 11.3. The molecule has 2 aliphatic rings. The molecule has 1 amide bonds. The van der Waals surface area contributed by atoms with Crippen LogP contribution < -0.4 is 11.3 Å². The predicted molar refractivity (Wildman–Crippen MR) is 114 cm³/mol. The van der Waals surface area contributed by atoms with Gasteiger partial charge in [-0.15, -0.1) is 0 Å². The van der Waals surface area contributed by atoms with E-state index in [0.29, 0.717) is 5.56 Å². The highest BCUT2D eigenvalue weighted by atomic mass is 19.4. The first-order valence-electron chi connectivity index (χ1n) is 11.3. The second-order valence-electron chi connectivity index (χ2n) is 9.16. The van der Waals surface area contributed by atoms with E-state index < -0.39 is 54.6 Å². The van der Waals surface area contributed by atoms with Gasteiger partial charge >= 0.3 is 12.4 Å². The third kappa shape index (κ3) is 5.05. The van der Waals surface area contributed by atoms with E-state index in [1.165, 1.54) is 16.7 Å². The van der Waals surface area contributed by atoms with Gasteiger partial charge in [-0.1, -0.05) is 18.6 Å².